The van der Waals surface area contributed by atoms with Crippen molar-refractivity contribution in [3.05, 3.63) is 65.2 Å². The van der Waals surface area contributed by atoms with Crippen LogP contribution in [0.25, 0.3) is 0 Å². The van der Waals surface area contributed by atoms with Crippen LogP contribution in [0.2, 0.25) is 0 Å². The van der Waals surface area contributed by atoms with Crippen molar-refractivity contribution in [3.63, 3.8) is 0 Å². The van der Waals surface area contributed by atoms with E-state index in [-0.39, 0.29) is 17.9 Å². The number of amides is 3. The van der Waals surface area contributed by atoms with Gasteiger partial charge in [-0.1, -0.05) is 49.2 Å². The van der Waals surface area contributed by atoms with Crippen molar-refractivity contribution < 1.29 is 9.59 Å². The third-order valence-electron chi connectivity index (χ3n) is 6.41. The minimum Gasteiger partial charge on any atom is -0.307 e. The maximum atomic E-state index is 13.3. The summed E-state index contributed by atoms with van der Waals surface area (Å²) in [6.45, 7) is 6.39. The summed E-state index contributed by atoms with van der Waals surface area (Å²) in [7, 11) is 0. The van der Waals surface area contributed by atoms with Gasteiger partial charge in [-0.25, -0.2) is 10.2 Å². The fourth-order valence-electron chi connectivity index (χ4n) is 4.76. The first kappa shape index (κ1) is 21.4. The standard InChI is InChI=1S/C25H32N4O2/c1-18-10-9-11-20(16-18)26-25(31)27-29-17-23(28-14-7-3-4-8-15-28)22-13-6-5-12-21(22)19(2)24(29)30/h5-6,9-13,16,19,23H,3-4,7-8,14-15,17H2,1-2H3,(H2,26,27,31)/t19-,23+/m1/s1. The number of aryl methyl sites for hydroxylation is 1. The van der Waals surface area contributed by atoms with E-state index in [0.717, 1.165) is 24.2 Å². The summed E-state index contributed by atoms with van der Waals surface area (Å²) in [6.07, 6.45) is 4.84. The Morgan fingerprint density at radius 2 is 1.68 bits per heavy atom. The Morgan fingerprint density at radius 3 is 2.39 bits per heavy atom. The summed E-state index contributed by atoms with van der Waals surface area (Å²) < 4.78 is 0. The number of fused-ring (bicyclic) bond motifs is 1. The van der Waals surface area contributed by atoms with Crippen molar-refractivity contribution in [2.24, 2.45) is 0 Å². The summed E-state index contributed by atoms with van der Waals surface area (Å²) in [6, 6.07) is 15.5. The highest BCUT2D eigenvalue weighted by molar-refractivity contribution is 5.92. The first-order chi connectivity index (χ1) is 15.0. The Labute approximate surface area is 184 Å². The maximum absolute atomic E-state index is 13.3. The van der Waals surface area contributed by atoms with Crippen molar-refractivity contribution in [2.45, 2.75) is 51.5 Å². The van der Waals surface area contributed by atoms with E-state index >= 15 is 0 Å². The summed E-state index contributed by atoms with van der Waals surface area (Å²) >= 11 is 0. The van der Waals surface area contributed by atoms with Crippen LogP contribution in [0.3, 0.4) is 0 Å². The fourth-order valence-corrected chi connectivity index (χ4v) is 4.76. The van der Waals surface area contributed by atoms with E-state index in [4.69, 9.17) is 0 Å². The Bertz CT molecular complexity index is 937. The minimum atomic E-state index is -0.397. The molecule has 1 fully saturated rings. The lowest BCUT2D eigenvalue weighted by atomic mass is 9.92. The molecule has 2 N–H and O–H groups in total. The number of nitrogens with zero attached hydrogens (tertiary/aromatic N) is 2. The van der Waals surface area contributed by atoms with Crippen molar-refractivity contribution in [2.75, 3.05) is 25.0 Å². The Balaban J connectivity index is 1.58. The van der Waals surface area contributed by atoms with Crippen molar-refractivity contribution in [1.82, 2.24) is 15.3 Å². The van der Waals surface area contributed by atoms with E-state index in [1.165, 1.54) is 36.3 Å². The van der Waals surface area contributed by atoms with Crippen LogP contribution in [0.4, 0.5) is 10.5 Å². The van der Waals surface area contributed by atoms with Gasteiger partial charge in [-0.3, -0.25) is 14.7 Å². The zero-order chi connectivity index (χ0) is 21.8. The number of hydrogen-bond acceptors (Lipinski definition) is 3. The van der Waals surface area contributed by atoms with Gasteiger partial charge >= 0.3 is 6.03 Å². The molecule has 4 rings (SSSR count). The third-order valence-corrected chi connectivity index (χ3v) is 6.41. The van der Waals surface area contributed by atoms with Gasteiger partial charge in [-0.2, -0.15) is 0 Å². The number of rotatable bonds is 3. The van der Waals surface area contributed by atoms with Gasteiger partial charge in [-0.15, -0.1) is 0 Å². The number of benzene rings is 2. The Kier molecular flexibility index (Phi) is 6.56. The molecule has 164 valence electrons. The molecular formula is C25H32N4O2. The number of nitrogens with one attached hydrogen (secondary N) is 2. The molecule has 0 spiro atoms. The highest BCUT2D eigenvalue weighted by Gasteiger charge is 2.36. The van der Waals surface area contributed by atoms with E-state index < -0.39 is 6.03 Å². The van der Waals surface area contributed by atoms with E-state index in [2.05, 4.69) is 27.8 Å². The number of carbonyl (C=O) groups is 2. The molecule has 0 bridgehead atoms. The second-order valence-corrected chi connectivity index (χ2v) is 8.70. The van der Waals surface area contributed by atoms with Gasteiger partial charge in [0, 0.05) is 5.69 Å². The molecule has 31 heavy (non-hydrogen) atoms. The molecule has 0 unspecified atom stereocenters. The molecule has 0 radical (unpaired) electrons. The fraction of sp³-hybridized carbons (Fsp3) is 0.440. The molecule has 0 aromatic heterocycles. The molecule has 2 heterocycles. The Morgan fingerprint density at radius 1 is 0.968 bits per heavy atom. The SMILES string of the molecule is Cc1cccc(NC(=O)NN2C[C@H](N3CCCCCC3)c3ccccc3[C@@H](C)C2=O)c1. The molecule has 2 atom stereocenters. The largest absolute Gasteiger partial charge is 0.338 e. The number of urea groups is 1. The smallest absolute Gasteiger partial charge is 0.307 e. The molecule has 1 saturated heterocycles. The normalized spacial score (nSPS) is 22.3. The van der Waals surface area contributed by atoms with Crippen LogP contribution in [0.15, 0.2) is 48.5 Å². The van der Waals surface area contributed by atoms with Crippen molar-refractivity contribution >= 4 is 17.6 Å². The van der Waals surface area contributed by atoms with Gasteiger partial charge in [0.05, 0.1) is 18.5 Å². The molecule has 0 saturated carbocycles. The van der Waals surface area contributed by atoms with Gasteiger partial charge in [0.25, 0.3) is 0 Å². The molecule has 3 amide bonds. The lowest BCUT2D eigenvalue weighted by molar-refractivity contribution is -0.135. The van der Waals surface area contributed by atoms with E-state index in [1.807, 2.05) is 50.2 Å². The van der Waals surface area contributed by atoms with Gasteiger partial charge in [-0.05, 0) is 68.6 Å². The Hall–Kier alpha value is -2.86. The van der Waals surface area contributed by atoms with Gasteiger partial charge in [0.15, 0.2) is 0 Å². The van der Waals surface area contributed by atoms with E-state index in [9.17, 15) is 9.59 Å². The predicted molar refractivity (Wildman–Crippen MR) is 123 cm³/mol. The molecular weight excluding hydrogens is 388 g/mol. The van der Waals surface area contributed by atoms with Crippen molar-refractivity contribution in [3.8, 4) is 0 Å². The summed E-state index contributed by atoms with van der Waals surface area (Å²) in [5.74, 6) is -0.392. The number of hydrogen-bond donors (Lipinski definition) is 2. The van der Waals surface area contributed by atoms with Gasteiger partial charge in [0.2, 0.25) is 5.91 Å². The highest BCUT2D eigenvalue weighted by atomic mass is 16.2. The minimum absolute atomic E-state index is 0.0717. The van der Waals surface area contributed by atoms with Crippen LogP contribution < -0.4 is 10.7 Å². The zero-order valence-corrected chi connectivity index (χ0v) is 18.4. The number of carbonyl (C=O) groups excluding carboxylic acids is 2. The maximum Gasteiger partial charge on any atom is 0.338 e. The second-order valence-electron chi connectivity index (χ2n) is 8.70. The molecule has 0 aliphatic carbocycles. The van der Waals surface area contributed by atoms with Crippen LogP contribution in [0.5, 0.6) is 0 Å². The van der Waals surface area contributed by atoms with Crippen LogP contribution in [0, 0.1) is 6.92 Å². The van der Waals surface area contributed by atoms with Crippen LogP contribution in [-0.2, 0) is 4.79 Å². The highest BCUT2D eigenvalue weighted by Crippen LogP contribution is 2.35. The predicted octanol–water partition coefficient (Wildman–Crippen LogP) is 4.59. The molecule has 6 heteroatoms. The topological polar surface area (TPSA) is 64.7 Å². The summed E-state index contributed by atoms with van der Waals surface area (Å²) in [5, 5.41) is 4.37. The first-order valence-corrected chi connectivity index (χ1v) is 11.3. The summed E-state index contributed by atoms with van der Waals surface area (Å²) in [5.41, 5.74) is 6.87. The average molecular weight is 421 g/mol. The van der Waals surface area contributed by atoms with Crippen LogP contribution >= 0.6 is 0 Å². The lowest BCUT2D eigenvalue weighted by Crippen LogP contribution is -2.51. The van der Waals surface area contributed by atoms with Gasteiger partial charge in [0.1, 0.15) is 0 Å². The number of hydrazine groups is 1. The van der Waals surface area contributed by atoms with Gasteiger partial charge < -0.3 is 5.32 Å². The number of anilines is 1. The molecule has 2 aliphatic heterocycles. The van der Waals surface area contributed by atoms with E-state index in [0.29, 0.717) is 12.2 Å². The first-order valence-electron chi connectivity index (χ1n) is 11.3. The lowest BCUT2D eigenvalue weighted by Gasteiger charge is -2.34. The molecule has 6 nitrogen and oxygen atoms in total. The third kappa shape index (κ3) is 4.90. The van der Waals surface area contributed by atoms with Crippen LogP contribution in [-0.4, -0.2) is 41.5 Å². The summed E-state index contributed by atoms with van der Waals surface area (Å²) in [4.78, 5) is 28.5. The van der Waals surface area contributed by atoms with Crippen LogP contribution in [0.1, 0.15) is 61.3 Å². The average Bonchev–Trinajstić information content (AvgIpc) is 3.09. The van der Waals surface area contributed by atoms with Crippen molar-refractivity contribution in [1.29, 1.82) is 0 Å². The molecule has 2 aromatic rings. The number of likely N-dealkylation sites (tertiary alicyclic amines) is 1. The zero-order valence-electron chi connectivity index (χ0n) is 18.4. The second kappa shape index (κ2) is 9.52. The quantitative estimate of drug-likeness (QED) is 0.763. The van der Waals surface area contributed by atoms with E-state index in [1.54, 1.807) is 0 Å². The molecule has 2 aliphatic rings. The molecule has 2 aromatic carbocycles. The monoisotopic (exact) mass is 420 g/mol.